The van der Waals surface area contributed by atoms with E-state index in [2.05, 4.69) is 5.32 Å². The minimum absolute atomic E-state index is 0.357. The van der Waals surface area contributed by atoms with Crippen LogP contribution in [0.5, 0.6) is 0 Å². The lowest BCUT2D eigenvalue weighted by Crippen LogP contribution is -2.43. The van der Waals surface area contributed by atoms with Gasteiger partial charge in [0.1, 0.15) is 5.60 Å². The normalized spacial score (nSPS) is 27.4. The highest BCUT2D eigenvalue weighted by molar-refractivity contribution is 5.68. The molecule has 0 radical (unpaired) electrons. The van der Waals surface area contributed by atoms with Crippen molar-refractivity contribution < 1.29 is 19.4 Å². The Morgan fingerprint density at radius 2 is 2.21 bits per heavy atom. The third-order valence-electron chi connectivity index (χ3n) is 1.76. The van der Waals surface area contributed by atoms with E-state index in [4.69, 9.17) is 9.47 Å². The zero-order valence-electron chi connectivity index (χ0n) is 8.74. The van der Waals surface area contributed by atoms with Crippen molar-refractivity contribution in [3.8, 4) is 0 Å². The van der Waals surface area contributed by atoms with Crippen molar-refractivity contribution in [2.45, 2.75) is 45.1 Å². The number of aliphatic hydroxyl groups excluding tert-OH is 1. The van der Waals surface area contributed by atoms with Crippen molar-refractivity contribution >= 4 is 6.09 Å². The maximum absolute atomic E-state index is 11.3. The van der Waals surface area contributed by atoms with Crippen molar-refractivity contribution in [2.75, 3.05) is 6.61 Å². The molecule has 1 saturated heterocycles. The molecular weight excluding hydrogens is 186 g/mol. The van der Waals surface area contributed by atoms with E-state index >= 15 is 0 Å². The molecule has 1 aliphatic rings. The molecule has 1 aliphatic heterocycles. The molecule has 5 heteroatoms. The third-order valence-corrected chi connectivity index (χ3v) is 1.76. The van der Waals surface area contributed by atoms with Gasteiger partial charge in [-0.15, -0.1) is 0 Å². The fraction of sp³-hybridized carbons (Fsp3) is 0.889. The van der Waals surface area contributed by atoms with Gasteiger partial charge in [-0.3, -0.25) is 0 Å². The summed E-state index contributed by atoms with van der Waals surface area (Å²) in [7, 11) is 0. The second-order valence-electron chi connectivity index (χ2n) is 4.30. The monoisotopic (exact) mass is 203 g/mol. The summed E-state index contributed by atoms with van der Waals surface area (Å²) in [4.78, 5) is 11.3. The Morgan fingerprint density at radius 3 is 2.64 bits per heavy atom. The predicted molar refractivity (Wildman–Crippen MR) is 49.7 cm³/mol. The fourth-order valence-electron chi connectivity index (χ4n) is 1.18. The minimum atomic E-state index is -0.914. The second-order valence-corrected chi connectivity index (χ2v) is 4.30. The van der Waals surface area contributed by atoms with Gasteiger partial charge in [-0.2, -0.15) is 0 Å². The number of hydrogen-bond donors (Lipinski definition) is 2. The molecule has 2 atom stereocenters. The average Bonchev–Trinajstić information content (AvgIpc) is 2.32. The number of nitrogens with one attached hydrogen (secondary N) is 1. The number of ether oxygens (including phenoxy) is 2. The molecule has 82 valence electrons. The van der Waals surface area contributed by atoms with Crippen LogP contribution in [0.3, 0.4) is 0 Å². The van der Waals surface area contributed by atoms with E-state index in [1.807, 2.05) is 0 Å². The van der Waals surface area contributed by atoms with E-state index in [9.17, 15) is 9.90 Å². The summed E-state index contributed by atoms with van der Waals surface area (Å²) in [6.07, 6.45) is -0.824. The van der Waals surface area contributed by atoms with E-state index in [0.29, 0.717) is 13.0 Å². The Hall–Kier alpha value is -0.810. The zero-order chi connectivity index (χ0) is 10.8. The van der Waals surface area contributed by atoms with Gasteiger partial charge < -0.3 is 19.9 Å². The lowest BCUT2D eigenvalue weighted by atomic mass is 10.2. The highest BCUT2D eigenvalue weighted by Gasteiger charge is 2.29. The standard InChI is InChI=1S/C9H17NO4/c1-9(2,3)14-8(12)10-6-4-5-13-7(6)11/h6-7,11H,4-5H2,1-3H3,(H,10,12)/t6-,7-/m0/s1. The summed E-state index contributed by atoms with van der Waals surface area (Å²) in [5, 5.41) is 11.8. The summed E-state index contributed by atoms with van der Waals surface area (Å²) in [6.45, 7) is 5.82. The van der Waals surface area contributed by atoms with Crippen LogP contribution in [0.25, 0.3) is 0 Å². The van der Waals surface area contributed by atoms with Crippen LogP contribution in [0.1, 0.15) is 27.2 Å². The maximum atomic E-state index is 11.3. The average molecular weight is 203 g/mol. The van der Waals surface area contributed by atoms with Gasteiger partial charge in [0.2, 0.25) is 0 Å². The van der Waals surface area contributed by atoms with E-state index in [0.717, 1.165) is 0 Å². The van der Waals surface area contributed by atoms with E-state index in [1.165, 1.54) is 0 Å². The number of rotatable bonds is 1. The highest BCUT2D eigenvalue weighted by atomic mass is 16.6. The van der Waals surface area contributed by atoms with Crippen molar-refractivity contribution in [1.82, 2.24) is 5.32 Å². The quantitative estimate of drug-likeness (QED) is 0.655. The van der Waals surface area contributed by atoms with Crippen LogP contribution < -0.4 is 5.32 Å². The Balaban J connectivity index is 2.33. The number of hydrogen-bond acceptors (Lipinski definition) is 4. The highest BCUT2D eigenvalue weighted by Crippen LogP contribution is 2.12. The second kappa shape index (κ2) is 4.14. The number of carbonyl (C=O) groups is 1. The SMILES string of the molecule is CC(C)(C)OC(=O)N[C@H]1CCO[C@@H]1O. The first-order chi connectivity index (χ1) is 6.38. The summed E-state index contributed by atoms with van der Waals surface area (Å²) in [6, 6.07) is -0.357. The fourth-order valence-corrected chi connectivity index (χ4v) is 1.18. The molecule has 0 aromatic rings. The van der Waals surface area contributed by atoms with Gasteiger partial charge in [0.15, 0.2) is 6.29 Å². The molecule has 1 rings (SSSR count). The van der Waals surface area contributed by atoms with Gasteiger partial charge in [-0.25, -0.2) is 4.79 Å². The summed E-state index contributed by atoms with van der Waals surface area (Å²) in [5.41, 5.74) is -0.519. The molecule has 1 heterocycles. The molecule has 0 spiro atoms. The molecule has 0 unspecified atom stereocenters. The lowest BCUT2D eigenvalue weighted by Gasteiger charge is -2.22. The van der Waals surface area contributed by atoms with Crippen molar-refractivity contribution in [1.29, 1.82) is 0 Å². The number of alkyl carbamates (subject to hydrolysis) is 1. The molecule has 1 amide bonds. The number of amides is 1. The molecule has 0 aromatic heterocycles. The van der Waals surface area contributed by atoms with E-state index in [1.54, 1.807) is 20.8 Å². The lowest BCUT2D eigenvalue weighted by molar-refractivity contribution is -0.0723. The van der Waals surface area contributed by atoms with Gasteiger partial charge >= 0.3 is 6.09 Å². The topological polar surface area (TPSA) is 67.8 Å². The molecule has 5 nitrogen and oxygen atoms in total. The minimum Gasteiger partial charge on any atom is -0.444 e. The van der Waals surface area contributed by atoms with Crippen molar-refractivity contribution in [2.24, 2.45) is 0 Å². The van der Waals surface area contributed by atoms with E-state index in [-0.39, 0.29) is 6.04 Å². The Labute approximate surface area is 83.4 Å². The van der Waals surface area contributed by atoms with E-state index < -0.39 is 18.0 Å². The van der Waals surface area contributed by atoms with Gasteiger partial charge in [-0.05, 0) is 27.2 Å². The molecule has 1 fully saturated rings. The first-order valence-electron chi connectivity index (χ1n) is 4.68. The van der Waals surface area contributed by atoms with Crippen LogP contribution in [0.4, 0.5) is 4.79 Å². The van der Waals surface area contributed by atoms with Crippen LogP contribution >= 0.6 is 0 Å². The van der Waals surface area contributed by atoms with Crippen molar-refractivity contribution in [3.05, 3.63) is 0 Å². The first-order valence-corrected chi connectivity index (χ1v) is 4.68. The largest absolute Gasteiger partial charge is 0.444 e. The molecule has 0 aliphatic carbocycles. The maximum Gasteiger partial charge on any atom is 0.408 e. The van der Waals surface area contributed by atoms with Gasteiger partial charge in [-0.1, -0.05) is 0 Å². The van der Waals surface area contributed by atoms with Gasteiger partial charge in [0.05, 0.1) is 12.6 Å². The molecule has 2 N–H and O–H groups in total. The van der Waals surface area contributed by atoms with Crippen LogP contribution in [0, 0.1) is 0 Å². The predicted octanol–water partition coefficient (Wildman–Crippen LogP) is 0.618. The van der Waals surface area contributed by atoms with Crippen LogP contribution in [-0.2, 0) is 9.47 Å². The molecular formula is C9H17NO4. The number of aliphatic hydroxyl groups is 1. The zero-order valence-corrected chi connectivity index (χ0v) is 8.74. The van der Waals surface area contributed by atoms with Crippen LogP contribution in [-0.4, -0.2) is 35.7 Å². The molecule has 0 saturated carbocycles. The summed E-state index contributed by atoms with van der Waals surface area (Å²) < 4.78 is 9.91. The van der Waals surface area contributed by atoms with Gasteiger partial charge in [0.25, 0.3) is 0 Å². The number of carbonyl (C=O) groups excluding carboxylic acids is 1. The van der Waals surface area contributed by atoms with Crippen LogP contribution in [0.2, 0.25) is 0 Å². The molecule has 14 heavy (non-hydrogen) atoms. The Kier molecular flexibility index (Phi) is 3.34. The third kappa shape index (κ3) is 3.51. The Bertz CT molecular complexity index is 211. The summed E-state index contributed by atoms with van der Waals surface area (Å²) >= 11 is 0. The first kappa shape index (κ1) is 11.3. The smallest absolute Gasteiger partial charge is 0.408 e. The Morgan fingerprint density at radius 1 is 1.57 bits per heavy atom. The van der Waals surface area contributed by atoms with Crippen molar-refractivity contribution in [3.63, 3.8) is 0 Å². The molecule has 0 bridgehead atoms. The van der Waals surface area contributed by atoms with Crippen LogP contribution in [0.15, 0.2) is 0 Å². The summed E-state index contributed by atoms with van der Waals surface area (Å²) in [5.74, 6) is 0. The molecule has 0 aromatic carbocycles. The van der Waals surface area contributed by atoms with Gasteiger partial charge in [0, 0.05) is 0 Å².